The number of hydrogen-bond acceptors (Lipinski definition) is 6. The molecule has 0 N–H and O–H groups in total. The van der Waals surface area contributed by atoms with Crippen molar-refractivity contribution in [3.8, 4) is 5.69 Å². The standard InChI is InChI=1S/C24H29N5O4/c1-24(2)14-20(9-11-32-24)33-23(31)28(4)18-7-5-6-17(12-18)13-21-22(30)8-10-29(26-21)19-15-25-27(3)16-19/h5-8,10,12,15-16,20H,9,11,13-14H2,1-4H3. The topological polar surface area (TPSA) is 91.5 Å². The number of nitrogens with zero attached hydrogens (tertiary/aromatic N) is 5. The fraction of sp³-hybridized carbons (Fsp3) is 0.417. The fourth-order valence-corrected chi connectivity index (χ4v) is 3.91. The summed E-state index contributed by atoms with van der Waals surface area (Å²) in [5.74, 6) is 0. The molecular weight excluding hydrogens is 422 g/mol. The zero-order valence-electron chi connectivity index (χ0n) is 19.4. The molecule has 1 amide bonds. The van der Waals surface area contributed by atoms with Crippen molar-refractivity contribution in [3.63, 3.8) is 0 Å². The van der Waals surface area contributed by atoms with Gasteiger partial charge in [-0.15, -0.1) is 0 Å². The summed E-state index contributed by atoms with van der Waals surface area (Å²) in [7, 11) is 3.50. The number of hydrogen-bond donors (Lipinski definition) is 0. The number of carbonyl (C=O) groups excluding carboxylic acids is 1. The van der Waals surface area contributed by atoms with Crippen LogP contribution in [-0.4, -0.2) is 51.0 Å². The van der Waals surface area contributed by atoms with Crippen LogP contribution >= 0.6 is 0 Å². The minimum absolute atomic E-state index is 0.143. The van der Waals surface area contributed by atoms with Crippen molar-refractivity contribution in [1.29, 1.82) is 0 Å². The van der Waals surface area contributed by atoms with Gasteiger partial charge in [0.1, 0.15) is 17.5 Å². The molecule has 0 spiro atoms. The first-order valence-corrected chi connectivity index (χ1v) is 11.0. The van der Waals surface area contributed by atoms with E-state index in [4.69, 9.17) is 9.47 Å². The van der Waals surface area contributed by atoms with E-state index in [1.54, 1.807) is 28.8 Å². The van der Waals surface area contributed by atoms with Gasteiger partial charge < -0.3 is 9.47 Å². The van der Waals surface area contributed by atoms with E-state index < -0.39 is 6.09 Å². The Hall–Kier alpha value is -3.46. The van der Waals surface area contributed by atoms with Crippen molar-refractivity contribution in [3.05, 3.63) is 70.4 Å². The van der Waals surface area contributed by atoms with Crippen molar-refractivity contribution < 1.29 is 14.3 Å². The summed E-state index contributed by atoms with van der Waals surface area (Å²) >= 11 is 0. The van der Waals surface area contributed by atoms with Crippen LogP contribution in [0, 0.1) is 0 Å². The van der Waals surface area contributed by atoms with Gasteiger partial charge in [0.15, 0.2) is 0 Å². The Kier molecular flexibility index (Phi) is 6.33. The molecule has 1 fully saturated rings. The van der Waals surface area contributed by atoms with Crippen LogP contribution in [0.1, 0.15) is 37.9 Å². The molecule has 1 unspecified atom stereocenters. The van der Waals surface area contributed by atoms with Crippen LogP contribution in [0.3, 0.4) is 0 Å². The molecule has 3 heterocycles. The lowest BCUT2D eigenvalue weighted by molar-refractivity contribution is -0.0972. The smallest absolute Gasteiger partial charge is 0.414 e. The number of aromatic nitrogens is 4. The molecule has 0 bridgehead atoms. The van der Waals surface area contributed by atoms with Crippen LogP contribution in [0.25, 0.3) is 5.69 Å². The molecule has 1 aromatic carbocycles. The number of anilines is 1. The minimum atomic E-state index is -0.411. The van der Waals surface area contributed by atoms with Gasteiger partial charge in [-0.25, -0.2) is 9.48 Å². The van der Waals surface area contributed by atoms with Crippen LogP contribution in [-0.2, 0) is 22.9 Å². The van der Waals surface area contributed by atoms with E-state index in [1.165, 1.54) is 11.0 Å². The van der Waals surface area contributed by atoms with Crippen molar-refractivity contribution >= 4 is 11.8 Å². The number of benzene rings is 1. The summed E-state index contributed by atoms with van der Waals surface area (Å²) in [5, 5.41) is 8.63. The van der Waals surface area contributed by atoms with E-state index in [9.17, 15) is 9.59 Å². The van der Waals surface area contributed by atoms with E-state index in [0.29, 0.717) is 37.3 Å². The number of aryl methyl sites for hydroxylation is 1. The van der Waals surface area contributed by atoms with Gasteiger partial charge in [-0.2, -0.15) is 10.2 Å². The van der Waals surface area contributed by atoms with Crippen molar-refractivity contribution in [2.75, 3.05) is 18.6 Å². The maximum absolute atomic E-state index is 12.7. The Bertz CT molecular complexity index is 1200. The molecule has 0 radical (unpaired) electrons. The van der Waals surface area contributed by atoms with Gasteiger partial charge in [0.2, 0.25) is 5.43 Å². The summed E-state index contributed by atoms with van der Waals surface area (Å²) in [5.41, 5.74) is 2.29. The van der Waals surface area contributed by atoms with Crippen molar-refractivity contribution in [2.24, 2.45) is 7.05 Å². The molecule has 1 atom stereocenters. The summed E-state index contributed by atoms with van der Waals surface area (Å²) in [6.45, 7) is 4.57. The highest BCUT2D eigenvalue weighted by Crippen LogP contribution is 2.27. The third-order valence-corrected chi connectivity index (χ3v) is 5.70. The van der Waals surface area contributed by atoms with Gasteiger partial charge in [-0.05, 0) is 31.5 Å². The highest BCUT2D eigenvalue weighted by atomic mass is 16.6. The largest absolute Gasteiger partial charge is 0.446 e. The minimum Gasteiger partial charge on any atom is -0.446 e. The Morgan fingerprint density at radius 3 is 2.88 bits per heavy atom. The normalized spacial score (nSPS) is 17.5. The molecule has 0 saturated carbocycles. The van der Waals surface area contributed by atoms with Gasteiger partial charge in [-0.3, -0.25) is 14.4 Å². The third-order valence-electron chi connectivity index (χ3n) is 5.70. The highest BCUT2D eigenvalue weighted by Gasteiger charge is 2.31. The van der Waals surface area contributed by atoms with Gasteiger partial charge in [0, 0.05) is 51.3 Å². The molecule has 9 heteroatoms. The summed E-state index contributed by atoms with van der Waals surface area (Å²) < 4.78 is 14.7. The average molecular weight is 452 g/mol. The van der Waals surface area contributed by atoms with Gasteiger partial charge >= 0.3 is 6.09 Å². The number of rotatable bonds is 5. The van der Waals surface area contributed by atoms with Crippen LogP contribution in [0.4, 0.5) is 10.5 Å². The molecule has 174 valence electrons. The number of ether oxygens (including phenoxy) is 2. The summed E-state index contributed by atoms with van der Waals surface area (Å²) in [4.78, 5) is 26.6. The molecule has 1 saturated heterocycles. The maximum Gasteiger partial charge on any atom is 0.414 e. The summed E-state index contributed by atoms with van der Waals surface area (Å²) in [6.07, 6.45) is 6.23. The zero-order chi connectivity index (χ0) is 23.6. The lowest BCUT2D eigenvalue weighted by Crippen LogP contribution is -2.41. The first-order valence-electron chi connectivity index (χ1n) is 11.0. The van der Waals surface area contributed by atoms with Crippen molar-refractivity contribution in [1.82, 2.24) is 19.6 Å². The number of amides is 1. The van der Waals surface area contributed by atoms with E-state index in [2.05, 4.69) is 10.2 Å². The molecule has 3 aromatic rings. The Balaban J connectivity index is 1.48. The SMILES string of the molecule is CN(C(=O)OC1CCOC(C)(C)C1)c1cccc(Cc2nn(-c3cnn(C)c3)ccc2=O)c1. The van der Waals surface area contributed by atoms with Gasteiger partial charge in [0.05, 0.1) is 24.6 Å². The summed E-state index contributed by atoms with van der Waals surface area (Å²) in [6, 6.07) is 8.97. The van der Waals surface area contributed by atoms with Crippen LogP contribution in [0.5, 0.6) is 0 Å². The average Bonchev–Trinajstić information content (AvgIpc) is 3.20. The second-order valence-corrected chi connectivity index (χ2v) is 8.96. The molecule has 4 rings (SSSR count). The van der Waals surface area contributed by atoms with Crippen LogP contribution < -0.4 is 10.3 Å². The molecule has 2 aromatic heterocycles. The first-order chi connectivity index (χ1) is 15.7. The first kappa shape index (κ1) is 22.7. The molecular formula is C24H29N5O4. The Morgan fingerprint density at radius 2 is 2.15 bits per heavy atom. The number of carbonyl (C=O) groups is 1. The lowest BCUT2D eigenvalue weighted by atomic mass is 9.96. The second kappa shape index (κ2) is 9.19. The molecule has 1 aliphatic heterocycles. The van der Waals surface area contributed by atoms with E-state index in [-0.39, 0.29) is 17.1 Å². The predicted molar refractivity (Wildman–Crippen MR) is 124 cm³/mol. The van der Waals surface area contributed by atoms with E-state index in [1.807, 2.05) is 51.4 Å². The monoisotopic (exact) mass is 451 g/mol. The highest BCUT2D eigenvalue weighted by molar-refractivity contribution is 5.87. The maximum atomic E-state index is 12.7. The van der Waals surface area contributed by atoms with Crippen LogP contribution in [0.15, 0.2) is 53.7 Å². The Labute approximate surface area is 192 Å². The van der Waals surface area contributed by atoms with Gasteiger partial charge in [0.25, 0.3) is 0 Å². The quantitative estimate of drug-likeness (QED) is 0.592. The van der Waals surface area contributed by atoms with Crippen LogP contribution in [0.2, 0.25) is 0 Å². The molecule has 0 aliphatic carbocycles. The zero-order valence-corrected chi connectivity index (χ0v) is 19.4. The lowest BCUT2D eigenvalue weighted by Gasteiger charge is -2.35. The Morgan fingerprint density at radius 1 is 1.33 bits per heavy atom. The van der Waals surface area contributed by atoms with E-state index >= 15 is 0 Å². The third kappa shape index (κ3) is 5.48. The second-order valence-electron chi connectivity index (χ2n) is 8.96. The van der Waals surface area contributed by atoms with Gasteiger partial charge in [-0.1, -0.05) is 12.1 Å². The van der Waals surface area contributed by atoms with E-state index in [0.717, 1.165) is 11.3 Å². The predicted octanol–water partition coefficient (Wildman–Crippen LogP) is 3.09. The fourth-order valence-electron chi connectivity index (χ4n) is 3.91. The molecule has 9 nitrogen and oxygen atoms in total. The molecule has 33 heavy (non-hydrogen) atoms. The van der Waals surface area contributed by atoms with Crippen molar-refractivity contribution in [2.45, 2.75) is 44.8 Å². The molecule has 1 aliphatic rings.